The molecule has 0 unspecified atom stereocenters. The highest BCUT2D eigenvalue weighted by Gasteiger charge is 2.46. The summed E-state index contributed by atoms with van der Waals surface area (Å²) in [5, 5.41) is 3.05. The maximum Gasteiger partial charge on any atom is 0.270 e. The molecule has 168 valence electrons. The smallest absolute Gasteiger partial charge is 0.270 e. The first kappa shape index (κ1) is 21.4. The van der Waals surface area contributed by atoms with Gasteiger partial charge in [-0.25, -0.2) is 0 Å². The lowest BCUT2D eigenvalue weighted by atomic mass is 9.71. The molecule has 1 aromatic heterocycles. The van der Waals surface area contributed by atoms with Crippen molar-refractivity contribution in [3.63, 3.8) is 0 Å². The number of pyridine rings is 1. The van der Waals surface area contributed by atoms with E-state index in [1.54, 1.807) is 6.20 Å². The third-order valence-corrected chi connectivity index (χ3v) is 7.70. The maximum atomic E-state index is 12.8. The quantitative estimate of drug-likeness (QED) is 0.674. The molecule has 3 fully saturated rings. The normalized spacial score (nSPS) is 20.6. The van der Waals surface area contributed by atoms with Crippen molar-refractivity contribution in [3.05, 3.63) is 58.3 Å². The van der Waals surface area contributed by atoms with Crippen LogP contribution in [0.5, 0.6) is 0 Å². The highest BCUT2D eigenvalue weighted by molar-refractivity contribution is 9.10. The van der Waals surface area contributed by atoms with Crippen molar-refractivity contribution in [2.24, 2.45) is 11.3 Å². The van der Waals surface area contributed by atoms with Crippen LogP contribution < -0.4 is 10.2 Å². The summed E-state index contributed by atoms with van der Waals surface area (Å²) in [4.78, 5) is 33.8. The van der Waals surface area contributed by atoms with Gasteiger partial charge in [0.05, 0.1) is 6.04 Å². The van der Waals surface area contributed by atoms with Crippen LogP contribution in [0, 0.1) is 11.3 Å². The standard InChI is InChI=1S/C25H29BrN4O2/c1-17(18-4-6-20(26)7-5-18)28-23(31)22-14-21(8-11-27-22)30-15-25(16-30)9-12-29(13-10-25)24(32)19-2-3-19/h4-8,11,14,17,19H,2-3,9-10,12-13,15-16H2,1H3,(H,28,31)/t17-/m1/s1. The summed E-state index contributed by atoms with van der Waals surface area (Å²) in [5.74, 6) is 0.525. The van der Waals surface area contributed by atoms with Gasteiger partial charge in [-0.15, -0.1) is 0 Å². The Morgan fingerprint density at radius 3 is 2.47 bits per heavy atom. The number of rotatable bonds is 5. The predicted octanol–water partition coefficient (Wildman–Crippen LogP) is 4.17. The van der Waals surface area contributed by atoms with Gasteiger partial charge >= 0.3 is 0 Å². The second kappa shape index (κ2) is 8.50. The Labute approximate surface area is 197 Å². The number of carbonyl (C=O) groups is 2. The summed E-state index contributed by atoms with van der Waals surface area (Å²) in [7, 11) is 0. The Kier molecular flexibility index (Phi) is 5.70. The molecule has 1 aromatic carbocycles. The number of nitrogens with zero attached hydrogens (tertiary/aromatic N) is 3. The number of piperidine rings is 1. The van der Waals surface area contributed by atoms with E-state index in [0.29, 0.717) is 22.9 Å². The van der Waals surface area contributed by atoms with E-state index in [1.807, 2.05) is 43.3 Å². The lowest BCUT2D eigenvalue weighted by Crippen LogP contribution is -2.61. The summed E-state index contributed by atoms with van der Waals surface area (Å²) < 4.78 is 1.02. The van der Waals surface area contributed by atoms with E-state index in [-0.39, 0.29) is 11.9 Å². The van der Waals surface area contributed by atoms with E-state index in [9.17, 15) is 9.59 Å². The summed E-state index contributed by atoms with van der Waals surface area (Å²) >= 11 is 3.44. The van der Waals surface area contributed by atoms with Gasteiger partial charge in [0.2, 0.25) is 5.91 Å². The molecule has 3 heterocycles. The zero-order valence-corrected chi connectivity index (χ0v) is 20.0. The van der Waals surface area contributed by atoms with Crippen LogP contribution >= 0.6 is 15.9 Å². The molecule has 0 bridgehead atoms. The lowest BCUT2D eigenvalue weighted by Gasteiger charge is -2.55. The van der Waals surface area contributed by atoms with Crippen LogP contribution in [0.2, 0.25) is 0 Å². The second-order valence-corrected chi connectivity index (χ2v) is 10.5. The van der Waals surface area contributed by atoms with Crippen LogP contribution in [0.3, 0.4) is 0 Å². The van der Waals surface area contributed by atoms with E-state index in [4.69, 9.17) is 0 Å². The molecule has 32 heavy (non-hydrogen) atoms. The molecular weight excluding hydrogens is 468 g/mol. The fourth-order valence-electron chi connectivity index (χ4n) is 4.90. The molecule has 2 aliphatic heterocycles. The summed E-state index contributed by atoms with van der Waals surface area (Å²) in [6, 6.07) is 11.7. The number of carbonyl (C=O) groups excluding carboxylic acids is 2. The molecule has 1 N–H and O–H groups in total. The van der Waals surface area contributed by atoms with Crippen LogP contribution in [-0.4, -0.2) is 47.9 Å². The Balaban J connectivity index is 1.17. The molecule has 0 radical (unpaired) electrons. The van der Waals surface area contributed by atoms with E-state index in [0.717, 1.165) is 67.6 Å². The van der Waals surface area contributed by atoms with Crippen LogP contribution in [0.1, 0.15) is 54.7 Å². The van der Waals surface area contributed by atoms with Gasteiger partial charge in [0, 0.05) is 53.9 Å². The average molecular weight is 497 g/mol. The van der Waals surface area contributed by atoms with Gasteiger partial charge < -0.3 is 15.1 Å². The number of hydrogen-bond donors (Lipinski definition) is 1. The highest BCUT2D eigenvalue weighted by atomic mass is 79.9. The number of hydrogen-bond acceptors (Lipinski definition) is 4. The molecule has 6 nitrogen and oxygen atoms in total. The van der Waals surface area contributed by atoms with E-state index < -0.39 is 0 Å². The minimum absolute atomic E-state index is 0.100. The monoisotopic (exact) mass is 496 g/mol. The summed E-state index contributed by atoms with van der Waals surface area (Å²) in [6.07, 6.45) is 6.02. The number of amides is 2. The Morgan fingerprint density at radius 1 is 1.12 bits per heavy atom. The van der Waals surface area contributed by atoms with Gasteiger partial charge in [-0.3, -0.25) is 14.6 Å². The van der Waals surface area contributed by atoms with Crippen molar-refractivity contribution < 1.29 is 9.59 Å². The minimum atomic E-state index is -0.163. The van der Waals surface area contributed by atoms with Gasteiger partial charge in [0.15, 0.2) is 0 Å². The SMILES string of the molecule is C[C@@H](NC(=O)c1cc(N2CC3(CCN(C(=O)C4CC4)CC3)C2)ccn1)c1ccc(Br)cc1. The summed E-state index contributed by atoms with van der Waals surface area (Å²) in [5.41, 5.74) is 2.84. The molecule has 5 rings (SSSR count). The molecule has 2 saturated heterocycles. The third kappa shape index (κ3) is 4.40. The van der Waals surface area contributed by atoms with Gasteiger partial charge in [0.1, 0.15) is 5.69 Å². The van der Waals surface area contributed by atoms with Crippen molar-refractivity contribution in [2.45, 2.75) is 38.6 Å². The lowest BCUT2D eigenvalue weighted by molar-refractivity contribution is -0.135. The second-order valence-electron chi connectivity index (χ2n) is 9.60. The fraction of sp³-hybridized carbons (Fsp3) is 0.480. The number of anilines is 1. The number of nitrogens with one attached hydrogen (secondary N) is 1. The van der Waals surface area contributed by atoms with Gasteiger partial charge in [-0.05, 0) is 62.4 Å². The molecule has 7 heteroatoms. The van der Waals surface area contributed by atoms with Gasteiger partial charge in [-0.1, -0.05) is 28.1 Å². The molecular formula is C25H29BrN4O2. The van der Waals surface area contributed by atoms with E-state index >= 15 is 0 Å². The van der Waals surface area contributed by atoms with Crippen LogP contribution in [-0.2, 0) is 4.79 Å². The summed E-state index contributed by atoms with van der Waals surface area (Å²) in [6.45, 7) is 5.73. The number of aromatic nitrogens is 1. The zero-order valence-electron chi connectivity index (χ0n) is 18.4. The molecule has 1 spiro atoms. The van der Waals surface area contributed by atoms with E-state index in [2.05, 4.69) is 36.0 Å². The number of benzene rings is 1. The zero-order chi connectivity index (χ0) is 22.3. The van der Waals surface area contributed by atoms with Gasteiger partial charge in [0.25, 0.3) is 5.91 Å². The molecule has 1 atom stereocenters. The molecule has 2 amide bonds. The first-order valence-corrected chi connectivity index (χ1v) is 12.3. The van der Waals surface area contributed by atoms with Crippen molar-refractivity contribution >= 4 is 33.4 Å². The van der Waals surface area contributed by atoms with Crippen molar-refractivity contribution in [3.8, 4) is 0 Å². The Bertz CT molecular complexity index is 1000. The highest BCUT2D eigenvalue weighted by Crippen LogP contribution is 2.43. The number of halogens is 1. The fourth-order valence-corrected chi connectivity index (χ4v) is 5.16. The van der Waals surface area contributed by atoms with Crippen LogP contribution in [0.15, 0.2) is 47.1 Å². The molecule has 3 aliphatic rings. The van der Waals surface area contributed by atoms with Crippen LogP contribution in [0.4, 0.5) is 5.69 Å². The molecule has 1 aliphatic carbocycles. The average Bonchev–Trinajstić information content (AvgIpc) is 3.63. The predicted molar refractivity (Wildman–Crippen MR) is 127 cm³/mol. The van der Waals surface area contributed by atoms with Crippen molar-refractivity contribution in [2.75, 3.05) is 31.1 Å². The number of likely N-dealkylation sites (tertiary alicyclic amines) is 1. The third-order valence-electron chi connectivity index (χ3n) is 7.17. The molecule has 2 aromatic rings. The van der Waals surface area contributed by atoms with E-state index in [1.165, 1.54) is 0 Å². The van der Waals surface area contributed by atoms with Crippen molar-refractivity contribution in [1.29, 1.82) is 0 Å². The Hall–Kier alpha value is -2.41. The van der Waals surface area contributed by atoms with Crippen LogP contribution in [0.25, 0.3) is 0 Å². The maximum absolute atomic E-state index is 12.8. The molecule has 1 saturated carbocycles. The first-order chi connectivity index (χ1) is 15.4. The van der Waals surface area contributed by atoms with Gasteiger partial charge in [-0.2, -0.15) is 0 Å². The first-order valence-electron chi connectivity index (χ1n) is 11.5. The topological polar surface area (TPSA) is 65.5 Å². The minimum Gasteiger partial charge on any atom is -0.370 e. The largest absolute Gasteiger partial charge is 0.370 e. The Morgan fingerprint density at radius 2 is 1.81 bits per heavy atom. The van der Waals surface area contributed by atoms with Crippen molar-refractivity contribution in [1.82, 2.24) is 15.2 Å².